The average molecular weight is 413 g/mol. The number of amides is 4. The molecule has 1 aromatic carbocycles. The van der Waals surface area contributed by atoms with Crippen LogP contribution < -0.4 is 16.0 Å². The smallest absolute Gasteiger partial charge is 0.322 e. The van der Waals surface area contributed by atoms with Crippen molar-refractivity contribution in [1.29, 1.82) is 0 Å². The van der Waals surface area contributed by atoms with E-state index in [2.05, 4.69) is 50.6 Å². The highest BCUT2D eigenvalue weighted by atomic mass is 32.1. The molecule has 7 nitrogen and oxygen atoms in total. The van der Waals surface area contributed by atoms with Gasteiger partial charge in [-0.05, 0) is 44.6 Å². The molecule has 8 heteroatoms. The summed E-state index contributed by atoms with van der Waals surface area (Å²) in [5.74, 6) is -0.349. The van der Waals surface area contributed by atoms with Crippen molar-refractivity contribution in [3.63, 3.8) is 0 Å². The molecule has 0 bridgehead atoms. The Morgan fingerprint density at radius 3 is 2.55 bits per heavy atom. The summed E-state index contributed by atoms with van der Waals surface area (Å²) in [7, 11) is 0. The fourth-order valence-corrected chi connectivity index (χ4v) is 4.69. The maximum Gasteiger partial charge on any atom is 0.322 e. The maximum atomic E-state index is 12.5. The van der Waals surface area contributed by atoms with E-state index in [-0.39, 0.29) is 17.7 Å². The van der Waals surface area contributed by atoms with Crippen LogP contribution in [0, 0.1) is 12.8 Å². The number of rotatable bonds is 5. The van der Waals surface area contributed by atoms with Crippen LogP contribution in [0.15, 0.2) is 29.6 Å². The Labute approximate surface area is 173 Å². The van der Waals surface area contributed by atoms with Crippen molar-refractivity contribution in [2.45, 2.75) is 44.6 Å². The molecule has 1 aliphatic heterocycles. The van der Waals surface area contributed by atoms with Crippen LogP contribution in [-0.4, -0.2) is 34.9 Å². The minimum absolute atomic E-state index is 0.0270. The molecule has 2 aromatic rings. The first kappa shape index (κ1) is 19.6. The van der Waals surface area contributed by atoms with Crippen molar-refractivity contribution in [3.8, 4) is 11.3 Å². The average Bonchev–Trinajstić information content (AvgIpc) is 3.26. The fourth-order valence-electron chi connectivity index (χ4n) is 4.07. The predicted molar refractivity (Wildman–Crippen MR) is 110 cm³/mol. The van der Waals surface area contributed by atoms with Gasteiger partial charge >= 0.3 is 6.03 Å². The van der Waals surface area contributed by atoms with Gasteiger partial charge in [-0.1, -0.05) is 24.3 Å². The second-order valence-corrected chi connectivity index (χ2v) is 8.82. The summed E-state index contributed by atoms with van der Waals surface area (Å²) in [6, 6.07) is 7.83. The van der Waals surface area contributed by atoms with Gasteiger partial charge in [0.2, 0.25) is 5.91 Å². The van der Waals surface area contributed by atoms with Gasteiger partial charge in [0.05, 0.1) is 10.7 Å². The molecular weight excluding hydrogens is 388 g/mol. The van der Waals surface area contributed by atoms with E-state index in [9.17, 15) is 14.4 Å². The van der Waals surface area contributed by atoms with Gasteiger partial charge in [0.25, 0.3) is 5.91 Å². The SMILES string of the molecule is Cc1nc(-c2ccc(CCNC(=O)C3CCC4(CC3)NC(=O)NC4=O)cc2)cs1. The summed E-state index contributed by atoms with van der Waals surface area (Å²) in [4.78, 5) is 40.3. The number of thiazole rings is 1. The van der Waals surface area contributed by atoms with Gasteiger partial charge in [-0.25, -0.2) is 9.78 Å². The molecule has 152 valence electrons. The number of nitrogens with one attached hydrogen (secondary N) is 3. The number of aromatic nitrogens is 1. The van der Waals surface area contributed by atoms with Gasteiger partial charge in [0, 0.05) is 23.4 Å². The van der Waals surface area contributed by atoms with E-state index in [1.165, 1.54) is 0 Å². The van der Waals surface area contributed by atoms with Crippen molar-refractivity contribution in [2.75, 3.05) is 6.54 Å². The zero-order valence-corrected chi connectivity index (χ0v) is 17.1. The molecule has 0 atom stereocenters. The van der Waals surface area contributed by atoms with E-state index in [1.807, 2.05) is 6.92 Å². The third-order valence-corrected chi connectivity index (χ3v) is 6.58. The number of carbonyl (C=O) groups excluding carboxylic acids is 3. The molecular formula is C21H24N4O3S. The lowest BCUT2D eigenvalue weighted by Crippen LogP contribution is -2.50. The van der Waals surface area contributed by atoms with Crippen molar-refractivity contribution in [1.82, 2.24) is 20.9 Å². The molecule has 1 saturated carbocycles. The Balaban J connectivity index is 1.23. The van der Waals surface area contributed by atoms with Gasteiger partial charge in [0.15, 0.2) is 0 Å². The van der Waals surface area contributed by atoms with Crippen molar-refractivity contribution in [3.05, 3.63) is 40.2 Å². The Bertz CT molecular complexity index is 930. The van der Waals surface area contributed by atoms with Crippen LogP contribution in [0.3, 0.4) is 0 Å². The molecule has 1 spiro atoms. The number of imide groups is 1. The molecule has 4 amide bonds. The van der Waals surface area contributed by atoms with E-state index >= 15 is 0 Å². The number of benzene rings is 1. The minimum atomic E-state index is -0.814. The zero-order chi connectivity index (χ0) is 20.4. The zero-order valence-electron chi connectivity index (χ0n) is 16.3. The highest BCUT2D eigenvalue weighted by Crippen LogP contribution is 2.34. The van der Waals surface area contributed by atoms with Crippen LogP contribution in [0.4, 0.5) is 4.79 Å². The lowest BCUT2D eigenvalue weighted by molar-refractivity contribution is -0.130. The number of urea groups is 1. The molecule has 0 unspecified atom stereocenters. The van der Waals surface area contributed by atoms with Crippen LogP contribution in [0.2, 0.25) is 0 Å². The summed E-state index contributed by atoms with van der Waals surface area (Å²) < 4.78 is 0. The Morgan fingerprint density at radius 1 is 1.24 bits per heavy atom. The number of carbonyl (C=O) groups is 3. The van der Waals surface area contributed by atoms with Crippen molar-refractivity contribution >= 4 is 29.2 Å². The Kier molecular flexibility index (Phi) is 5.36. The largest absolute Gasteiger partial charge is 0.356 e. The van der Waals surface area contributed by atoms with Crippen molar-refractivity contribution < 1.29 is 14.4 Å². The van der Waals surface area contributed by atoms with E-state index in [0.717, 1.165) is 28.2 Å². The van der Waals surface area contributed by atoms with Gasteiger partial charge in [-0.3, -0.25) is 14.9 Å². The van der Waals surface area contributed by atoms with E-state index in [0.29, 0.717) is 32.2 Å². The lowest BCUT2D eigenvalue weighted by Gasteiger charge is -2.33. The van der Waals surface area contributed by atoms with Crippen LogP contribution in [-0.2, 0) is 16.0 Å². The molecule has 0 radical (unpaired) electrons. The third-order valence-electron chi connectivity index (χ3n) is 5.81. The fraction of sp³-hybridized carbons (Fsp3) is 0.429. The highest BCUT2D eigenvalue weighted by molar-refractivity contribution is 7.09. The van der Waals surface area contributed by atoms with E-state index < -0.39 is 11.6 Å². The first-order valence-corrected chi connectivity index (χ1v) is 10.8. The van der Waals surface area contributed by atoms with E-state index in [4.69, 9.17) is 0 Å². The van der Waals surface area contributed by atoms with Crippen LogP contribution in [0.5, 0.6) is 0 Å². The molecule has 2 aliphatic rings. The molecule has 3 N–H and O–H groups in total. The molecule has 4 rings (SSSR count). The molecule has 1 aliphatic carbocycles. The third kappa shape index (κ3) is 4.17. The van der Waals surface area contributed by atoms with E-state index in [1.54, 1.807) is 11.3 Å². The number of aryl methyl sites for hydroxylation is 1. The van der Waals surface area contributed by atoms with Crippen molar-refractivity contribution in [2.24, 2.45) is 5.92 Å². The number of hydrogen-bond acceptors (Lipinski definition) is 5. The molecule has 1 saturated heterocycles. The monoisotopic (exact) mass is 412 g/mol. The summed E-state index contributed by atoms with van der Waals surface area (Å²) in [6.07, 6.45) is 2.96. The van der Waals surface area contributed by atoms with Crippen LogP contribution in [0.1, 0.15) is 36.3 Å². The van der Waals surface area contributed by atoms with Gasteiger partial charge in [0.1, 0.15) is 5.54 Å². The Hall–Kier alpha value is -2.74. The van der Waals surface area contributed by atoms with Gasteiger partial charge < -0.3 is 10.6 Å². The number of nitrogens with zero attached hydrogens (tertiary/aromatic N) is 1. The van der Waals surface area contributed by atoms with Gasteiger partial charge in [-0.2, -0.15) is 0 Å². The quantitative estimate of drug-likeness (QED) is 0.657. The molecule has 2 heterocycles. The molecule has 29 heavy (non-hydrogen) atoms. The predicted octanol–water partition coefficient (Wildman–Crippen LogP) is 2.55. The number of hydrogen-bond donors (Lipinski definition) is 3. The first-order chi connectivity index (χ1) is 13.9. The normalized spacial score (nSPS) is 23.7. The standard InChI is InChI=1S/C21H24N4O3S/c1-13-23-17(12-29-13)15-4-2-14(3-5-15)8-11-22-18(26)16-6-9-21(10-7-16)19(27)24-20(28)25-21/h2-5,12,16H,6-11H2,1H3,(H,22,26)(H2,24,25,27,28). The topological polar surface area (TPSA) is 100 Å². The molecule has 2 fully saturated rings. The van der Waals surface area contributed by atoms with Gasteiger partial charge in [-0.15, -0.1) is 11.3 Å². The summed E-state index contributed by atoms with van der Waals surface area (Å²) in [5.41, 5.74) is 2.44. The summed E-state index contributed by atoms with van der Waals surface area (Å²) in [6.45, 7) is 2.57. The van der Waals surface area contributed by atoms with Crippen LogP contribution in [0.25, 0.3) is 11.3 Å². The first-order valence-electron chi connectivity index (χ1n) is 9.88. The minimum Gasteiger partial charge on any atom is -0.356 e. The summed E-state index contributed by atoms with van der Waals surface area (Å²) in [5, 5.41) is 11.1. The summed E-state index contributed by atoms with van der Waals surface area (Å²) >= 11 is 1.64. The molecule has 1 aromatic heterocycles. The van der Waals surface area contributed by atoms with Crippen LogP contribution >= 0.6 is 11.3 Å². The highest BCUT2D eigenvalue weighted by Gasteiger charge is 2.48. The lowest BCUT2D eigenvalue weighted by atomic mass is 9.76. The second-order valence-electron chi connectivity index (χ2n) is 7.75. The maximum absolute atomic E-state index is 12.5. The Morgan fingerprint density at radius 2 is 1.97 bits per heavy atom. The second kappa shape index (κ2) is 7.94.